The molecule has 8 heteroatoms. The number of nitrogens with one attached hydrogen (secondary N) is 1. The number of halogens is 3. The minimum absolute atomic E-state index is 0.0117. The molecule has 1 rings (SSSR count). The van der Waals surface area contributed by atoms with Crippen LogP contribution >= 0.6 is 0 Å². The quantitative estimate of drug-likeness (QED) is 0.817. The molecule has 0 radical (unpaired) electrons. The number of amides is 2. The Balaban J connectivity index is 2.57. The molecule has 0 aliphatic heterocycles. The average Bonchev–Trinajstić information content (AvgIpc) is 2.39. The van der Waals surface area contributed by atoms with Crippen molar-refractivity contribution in [2.45, 2.75) is 51.2 Å². The van der Waals surface area contributed by atoms with E-state index in [1.54, 1.807) is 0 Å². The lowest BCUT2D eigenvalue weighted by molar-refractivity contribution is -0.148. The van der Waals surface area contributed by atoms with Crippen molar-refractivity contribution in [3.05, 3.63) is 0 Å². The first kappa shape index (κ1) is 18.6. The standard InChI is InChI=1S/C14H23F3N2O3/c1-9(12(20)21)8-19(2)13(22)18-11-6-4-3-5-10(11)7-14(15,16)17/h9-11H,3-8H2,1-2H3,(H,18,22)(H,20,21)/t9?,10-,11-/m0/s1. The lowest BCUT2D eigenvalue weighted by atomic mass is 9.82. The lowest BCUT2D eigenvalue weighted by Crippen LogP contribution is -2.49. The van der Waals surface area contributed by atoms with Gasteiger partial charge in [0.2, 0.25) is 0 Å². The van der Waals surface area contributed by atoms with Crippen LogP contribution in [0.25, 0.3) is 0 Å². The minimum atomic E-state index is -4.24. The summed E-state index contributed by atoms with van der Waals surface area (Å²) in [5.41, 5.74) is 0. The van der Waals surface area contributed by atoms with E-state index in [2.05, 4.69) is 5.32 Å². The van der Waals surface area contributed by atoms with Gasteiger partial charge in [-0.2, -0.15) is 13.2 Å². The SMILES string of the molecule is CC(CN(C)C(=O)N[C@H]1CCCC[C@H]1CC(F)(F)F)C(=O)O. The van der Waals surface area contributed by atoms with Crippen molar-refractivity contribution in [1.29, 1.82) is 0 Å². The van der Waals surface area contributed by atoms with Crippen LogP contribution in [0.5, 0.6) is 0 Å². The maximum atomic E-state index is 12.6. The molecule has 128 valence electrons. The van der Waals surface area contributed by atoms with E-state index in [1.807, 2.05) is 0 Å². The molecule has 5 nitrogen and oxygen atoms in total. The van der Waals surface area contributed by atoms with Crippen LogP contribution < -0.4 is 5.32 Å². The Hall–Kier alpha value is -1.47. The second kappa shape index (κ2) is 7.69. The van der Waals surface area contributed by atoms with Crippen molar-refractivity contribution in [1.82, 2.24) is 10.2 Å². The normalized spacial score (nSPS) is 23.7. The average molecular weight is 324 g/mol. The van der Waals surface area contributed by atoms with Crippen LogP contribution in [0.3, 0.4) is 0 Å². The highest BCUT2D eigenvalue weighted by Crippen LogP contribution is 2.34. The predicted octanol–water partition coefficient (Wildman–Crippen LogP) is 2.86. The van der Waals surface area contributed by atoms with Gasteiger partial charge in [0.25, 0.3) is 0 Å². The number of carbonyl (C=O) groups is 2. The van der Waals surface area contributed by atoms with Gasteiger partial charge in [0.15, 0.2) is 0 Å². The van der Waals surface area contributed by atoms with E-state index in [1.165, 1.54) is 18.9 Å². The molecule has 0 saturated heterocycles. The molecule has 0 heterocycles. The molecular weight excluding hydrogens is 301 g/mol. The molecule has 1 saturated carbocycles. The number of rotatable bonds is 5. The highest BCUT2D eigenvalue weighted by Gasteiger charge is 2.37. The Morgan fingerprint density at radius 3 is 2.45 bits per heavy atom. The molecule has 0 bridgehead atoms. The number of alkyl halides is 3. The van der Waals surface area contributed by atoms with Crippen LogP contribution in [-0.4, -0.2) is 47.8 Å². The molecule has 1 fully saturated rings. The Morgan fingerprint density at radius 1 is 1.32 bits per heavy atom. The number of urea groups is 1. The smallest absolute Gasteiger partial charge is 0.389 e. The summed E-state index contributed by atoms with van der Waals surface area (Å²) < 4.78 is 37.7. The maximum absolute atomic E-state index is 12.6. The monoisotopic (exact) mass is 324 g/mol. The highest BCUT2D eigenvalue weighted by atomic mass is 19.4. The summed E-state index contributed by atoms with van der Waals surface area (Å²) in [6.07, 6.45) is -2.65. The Kier molecular flexibility index (Phi) is 6.49. The molecule has 0 spiro atoms. The zero-order chi connectivity index (χ0) is 16.9. The molecule has 3 atom stereocenters. The van der Waals surface area contributed by atoms with E-state index in [-0.39, 0.29) is 6.54 Å². The van der Waals surface area contributed by atoms with E-state index in [9.17, 15) is 22.8 Å². The highest BCUT2D eigenvalue weighted by molar-refractivity contribution is 5.76. The fraction of sp³-hybridized carbons (Fsp3) is 0.857. The largest absolute Gasteiger partial charge is 0.481 e. The predicted molar refractivity (Wildman–Crippen MR) is 74.4 cm³/mol. The molecule has 0 aromatic heterocycles. The summed E-state index contributed by atoms with van der Waals surface area (Å²) in [5.74, 6) is -2.36. The van der Waals surface area contributed by atoms with Crippen molar-refractivity contribution in [3.63, 3.8) is 0 Å². The minimum Gasteiger partial charge on any atom is -0.481 e. The molecular formula is C14H23F3N2O3. The van der Waals surface area contributed by atoms with E-state index in [4.69, 9.17) is 5.11 Å². The van der Waals surface area contributed by atoms with Gasteiger partial charge in [-0.25, -0.2) is 4.79 Å². The third kappa shape index (κ3) is 6.11. The molecule has 2 N–H and O–H groups in total. The lowest BCUT2D eigenvalue weighted by Gasteiger charge is -2.34. The molecule has 0 aromatic rings. The number of carbonyl (C=O) groups excluding carboxylic acids is 1. The van der Waals surface area contributed by atoms with E-state index < -0.39 is 42.5 Å². The summed E-state index contributed by atoms with van der Waals surface area (Å²) in [4.78, 5) is 24.0. The van der Waals surface area contributed by atoms with Gasteiger partial charge >= 0.3 is 18.2 Å². The number of nitrogens with zero attached hydrogens (tertiary/aromatic N) is 1. The van der Waals surface area contributed by atoms with Gasteiger partial charge in [0.1, 0.15) is 0 Å². The van der Waals surface area contributed by atoms with Crippen LogP contribution in [0.15, 0.2) is 0 Å². The third-order valence-electron chi connectivity index (χ3n) is 4.03. The van der Waals surface area contributed by atoms with E-state index in [0.29, 0.717) is 12.8 Å². The van der Waals surface area contributed by atoms with Crippen LogP contribution in [0.4, 0.5) is 18.0 Å². The Morgan fingerprint density at radius 2 is 1.91 bits per heavy atom. The fourth-order valence-electron chi connectivity index (χ4n) is 2.78. The second-order valence-electron chi connectivity index (χ2n) is 6.04. The van der Waals surface area contributed by atoms with Gasteiger partial charge < -0.3 is 15.3 Å². The van der Waals surface area contributed by atoms with Crippen molar-refractivity contribution < 1.29 is 27.9 Å². The zero-order valence-electron chi connectivity index (χ0n) is 12.8. The number of hydrogen-bond acceptors (Lipinski definition) is 2. The van der Waals surface area contributed by atoms with Crippen molar-refractivity contribution >= 4 is 12.0 Å². The van der Waals surface area contributed by atoms with Gasteiger partial charge in [-0.15, -0.1) is 0 Å². The molecule has 2 amide bonds. The zero-order valence-corrected chi connectivity index (χ0v) is 12.8. The second-order valence-corrected chi connectivity index (χ2v) is 6.04. The van der Waals surface area contributed by atoms with Crippen LogP contribution in [-0.2, 0) is 4.79 Å². The van der Waals surface area contributed by atoms with E-state index >= 15 is 0 Å². The fourth-order valence-corrected chi connectivity index (χ4v) is 2.78. The van der Waals surface area contributed by atoms with Gasteiger partial charge in [-0.3, -0.25) is 4.79 Å². The molecule has 22 heavy (non-hydrogen) atoms. The summed E-state index contributed by atoms with van der Waals surface area (Å²) >= 11 is 0. The summed E-state index contributed by atoms with van der Waals surface area (Å²) in [6.45, 7) is 1.48. The van der Waals surface area contributed by atoms with Gasteiger partial charge in [-0.1, -0.05) is 19.8 Å². The van der Waals surface area contributed by atoms with Crippen molar-refractivity contribution in [2.24, 2.45) is 11.8 Å². The van der Waals surface area contributed by atoms with Gasteiger partial charge in [-0.05, 0) is 18.8 Å². The van der Waals surface area contributed by atoms with Crippen LogP contribution in [0, 0.1) is 11.8 Å². The maximum Gasteiger partial charge on any atom is 0.389 e. The first-order valence-electron chi connectivity index (χ1n) is 7.41. The molecule has 0 aromatic carbocycles. The van der Waals surface area contributed by atoms with Crippen LogP contribution in [0.2, 0.25) is 0 Å². The topological polar surface area (TPSA) is 69.6 Å². The third-order valence-corrected chi connectivity index (χ3v) is 4.03. The van der Waals surface area contributed by atoms with Crippen LogP contribution in [0.1, 0.15) is 39.0 Å². The number of carboxylic acid groups (broad SMARTS) is 1. The summed E-state index contributed by atoms with van der Waals surface area (Å²) in [6, 6.07) is -1.03. The first-order chi connectivity index (χ1) is 10.1. The van der Waals surface area contributed by atoms with Gasteiger partial charge in [0, 0.05) is 26.1 Å². The number of hydrogen-bond donors (Lipinski definition) is 2. The Bertz CT molecular complexity index is 401. The Labute approximate surface area is 127 Å². The van der Waals surface area contributed by atoms with Crippen molar-refractivity contribution in [2.75, 3.05) is 13.6 Å². The van der Waals surface area contributed by atoms with Gasteiger partial charge in [0.05, 0.1) is 5.92 Å². The summed E-state index contributed by atoms with van der Waals surface area (Å²) in [5, 5.41) is 11.5. The molecule has 1 unspecified atom stereocenters. The first-order valence-corrected chi connectivity index (χ1v) is 7.41. The number of carboxylic acids is 1. The van der Waals surface area contributed by atoms with E-state index in [0.717, 1.165) is 12.8 Å². The van der Waals surface area contributed by atoms with Crippen molar-refractivity contribution in [3.8, 4) is 0 Å². The number of aliphatic carboxylic acids is 1. The molecule has 1 aliphatic rings. The summed E-state index contributed by atoms with van der Waals surface area (Å²) in [7, 11) is 1.44. The molecule has 1 aliphatic carbocycles.